The Morgan fingerprint density at radius 2 is 1.74 bits per heavy atom. The van der Waals surface area contributed by atoms with Gasteiger partial charge in [0, 0.05) is 24.9 Å². The molecular formula is C29H35N7O3. The van der Waals surface area contributed by atoms with E-state index >= 15 is 0 Å². The molecule has 0 bridgehead atoms. The number of hydrazine groups is 1. The molecule has 10 heteroatoms. The number of primary amides is 1. The Morgan fingerprint density at radius 3 is 2.33 bits per heavy atom. The third-order valence-electron chi connectivity index (χ3n) is 7.75. The van der Waals surface area contributed by atoms with Crippen LogP contribution in [0.15, 0.2) is 43.0 Å². The molecule has 0 radical (unpaired) electrons. The van der Waals surface area contributed by atoms with E-state index in [1.54, 1.807) is 24.1 Å². The molecule has 0 saturated carbocycles. The zero-order valence-corrected chi connectivity index (χ0v) is 22.2. The monoisotopic (exact) mass is 529 g/mol. The summed E-state index contributed by atoms with van der Waals surface area (Å²) < 4.78 is 0. The minimum absolute atomic E-state index is 0.0637. The molecule has 1 saturated heterocycles. The van der Waals surface area contributed by atoms with Crippen LogP contribution in [0.1, 0.15) is 57.4 Å². The van der Waals surface area contributed by atoms with Gasteiger partial charge in [0.05, 0.1) is 12.6 Å². The van der Waals surface area contributed by atoms with Crippen LogP contribution in [0.4, 0.5) is 0 Å². The minimum atomic E-state index is -1.15. The summed E-state index contributed by atoms with van der Waals surface area (Å²) >= 11 is 0. The zero-order valence-electron chi connectivity index (χ0n) is 22.2. The highest BCUT2D eigenvalue weighted by atomic mass is 16.2. The molecule has 1 aliphatic heterocycles. The smallest absolute Gasteiger partial charge is 0.249 e. The Hall–Kier alpha value is -4.20. The van der Waals surface area contributed by atoms with Gasteiger partial charge in [-0.3, -0.25) is 19.8 Å². The van der Waals surface area contributed by atoms with E-state index in [4.69, 9.17) is 11.5 Å². The Labute approximate surface area is 228 Å². The van der Waals surface area contributed by atoms with Crippen molar-refractivity contribution >= 4 is 23.4 Å². The van der Waals surface area contributed by atoms with Crippen LogP contribution in [-0.4, -0.2) is 55.3 Å². The van der Waals surface area contributed by atoms with Crippen molar-refractivity contribution in [2.24, 2.45) is 11.5 Å². The molecule has 2 aliphatic rings. The summed E-state index contributed by atoms with van der Waals surface area (Å²) in [5.74, 6) is -0.936. The van der Waals surface area contributed by atoms with E-state index in [2.05, 4.69) is 28.8 Å². The number of nitriles is 1. The van der Waals surface area contributed by atoms with Gasteiger partial charge in [-0.2, -0.15) is 5.26 Å². The third kappa shape index (κ3) is 5.37. The van der Waals surface area contributed by atoms with Crippen molar-refractivity contribution in [1.82, 2.24) is 21.1 Å². The second-order valence-corrected chi connectivity index (χ2v) is 10.0. The number of nitrogens with zero attached hydrogens (tertiary/aromatic N) is 2. The van der Waals surface area contributed by atoms with Gasteiger partial charge in [-0.05, 0) is 84.7 Å². The molecule has 204 valence electrons. The lowest BCUT2D eigenvalue weighted by Crippen LogP contribution is -2.51. The van der Waals surface area contributed by atoms with Crippen LogP contribution >= 0.6 is 0 Å². The van der Waals surface area contributed by atoms with Gasteiger partial charge in [0.25, 0.3) is 0 Å². The van der Waals surface area contributed by atoms with E-state index in [1.807, 2.05) is 24.3 Å². The van der Waals surface area contributed by atoms with E-state index in [0.29, 0.717) is 50.0 Å². The number of nitrogens with two attached hydrogens (primary N) is 2. The lowest BCUT2D eigenvalue weighted by molar-refractivity contribution is -0.130. The number of nitrogens with one attached hydrogen (secondary N) is 3. The summed E-state index contributed by atoms with van der Waals surface area (Å²) in [5, 5.41) is 12.5. The van der Waals surface area contributed by atoms with Crippen LogP contribution in [-0.2, 0) is 27.8 Å². The quantitative estimate of drug-likeness (QED) is 0.237. The Balaban J connectivity index is 1.74. The van der Waals surface area contributed by atoms with Crippen molar-refractivity contribution < 1.29 is 14.4 Å². The summed E-state index contributed by atoms with van der Waals surface area (Å²) in [6.07, 6.45) is 3.04. The lowest BCUT2D eigenvalue weighted by atomic mass is 9.69. The van der Waals surface area contributed by atoms with Gasteiger partial charge in [0.15, 0.2) is 0 Å². The molecular weight excluding hydrogens is 494 g/mol. The van der Waals surface area contributed by atoms with Crippen LogP contribution in [0.25, 0.3) is 5.70 Å². The number of fused-ring (bicyclic) bond motifs is 2. The summed E-state index contributed by atoms with van der Waals surface area (Å²) in [6.45, 7) is 4.84. The topological polar surface area (TPSA) is 166 Å². The average Bonchev–Trinajstić information content (AvgIpc) is 3.36. The Morgan fingerprint density at radius 1 is 1.10 bits per heavy atom. The standard InChI is InChI=1S/C29H35N7O3/c1-18(31)19-7-9-24-20(14-19)5-6-21-15-22(27(32)38)8-10-25(21)29(24,28(39)35-33-2)11-12-34-17-26(37)36-13-3-4-23(36)16-30/h7-10,14-15,23,33-34H,1,3-6,11-13,17,31H2,2H3,(H2,32,38)(H,35,39). The molecule has 1 fully saturated rings. The van der Waals surface area contributed by atoms with Crippen molar-refractivity contribution in [1.29, 1.82) is 5.26 Å². The SMILES string of the molecule is C=C(N)c1ccc2c(c1)CCc1cc(C(N)=O)ccc1C2(CCNCC(=O)N1CCCC1C#N)C(=O)NNC. The maximum Gasteiger partial charge on any atom is 0.249 e. The second kappa shape index (κ2) is 11.7. The first-order valence-electron chi connectivity index (χ1n) is 13.1. The van der Waals surface area contributed by atoms with Crippen molar-refractivity contribution in [2.45, 2.75) is 43.6 Å². The predicted molar refractivity (Wildman–Crippen MR) is 148 cm³/mol. The molecule has 2 atom stereocenters. The maximum absolute atomic E-state index is 14.0. The molecule has 2 aromatic rings. The molecule has 7 N–H and O–H groups in total. The largest absolute Gasteiger partial charge is 0.399 e. The van der Waals surface area contributed by atoms with Gasteiger partial charge in [-0.25, -0.2) is 5.43 Å². The number of carbonyl (C=O) groups excluding carboxylic acids is 3. The normalized spacial score (nSPS) is 19.8. The van der Waals surface area contributed by atoms with Crippen molar-refractivity contribution in [3.05, 3.63) is 76.4 Å². The number of amides is 3. The first-order valence-corrected chi connectivity index (χ1v) is 13.1. The zero-order chi connectivity index (χ0) is 28.2. The van der Waals surface area contributed by atoms with Crippen molar-refractivity contribution in [2.75, 3.05) is 26.7 Å². The van der Waals surface area contributed by atoms with Gasteiger partial charge < -0.3 is 21.7 Å². The van der Waals surface area contributed by atoms with Gasteiger partial charge >= 0.3 is 0 Å². The summed E-state index contributed by atoms with van der Waals surface area (Å²) in [6, 6.07) is 12.8. The molecule has 2 aromatic carbocycles. The summed E-state index contributed by atoms with van der Waals surface area (Å²) in [4.78, 5) is 40.4. The summed E-state index contributed by atoms with van der Waals surface area (Å²) in [7, 11) is 1.63. The van der Waals surface area contributed by atoms with E-state index in [9.17, 15) is 19.6 Å². The number of rotatable bonds is 9. The van der Waals surface area contributed by atoms with Crippen LogP contribution in [0.2, 0.25) is 0 Å². The van der Waals surface area contributed by atoms with Crippen molar-refractivity contribution in [3.63, 3.8) is 0 Å². The van der Waals surface area contributed by atoms with Gasteiger partial charge in [-0.1, -0.05) is 24.8 Å². The number of aryl methyl sites for hydroxylation is 2. The van der Waals surface area contributed by atoms with Gasteiger partial charge in [0.1, 0.15) is 11.5 Å². The van der Waals surface area contributed by atoms with Crippen LogP contribution in [0.3, 0.4) is 0 Å². The molecule has 3 amide bonds. The Bertz CT molecular complexity index is 1280. The fraction of sp³-hybridized carbons (Fsp3) is 0.379. The number of benzene rings is 2. The molecule has 0 aromatic heterocycles. The number of likely N-dealkylation sites (tertiary alicyclic amines) is 1. The highest BCUT2D eigenvalue weighted by Gasteiger charge is 2.45. The molecule has 0 spiro atoms. The average molecular weight is 530 g/mol. The van der Waals surface area contributed by atoms with E-state index in [0.717, 1.165) is 34.2 Å². The molecule has 39 heavy (non-hydrogen) atoms. The molecule has 10 nitrogen and oxygen atoms in total. The van der Waals surface area contributed by atoms with Crippen LogP contribution in [0.5, 0.6) is 0 Å². The number of carbonyl (C=O) groups is 3. The first kappa shape index (κ1) is 27.8. The lowest BCUT2D eigenvalue weighted by Gasteiger charge is -2.35. The molecule has 4 rings (SSSR count). The van der Waals surface area contributed by atoms with Crippen LogP contribution < -0.4 is 27.6 Å². The predicted octanol–water partition coefficient (Wildman–Crippen LogP) is 0.844. The Kier molecular flexibility index (Phi) is 8.33. The molecule has 1 heterocycles. The van der Waals surface area contributed by atoms with E-state index in [1.165, 1.54) is 0 Å². The highest BCUT2D eigenvalue weighted by Crippen LogP contribution is 2.43. The van der Waals surface area contributed by atoms with Gasteiger partial charge in [0.2, 0.25) is 17.7 Å². The highest BCUT2D eigenvalue weighted by molar-refractivity contribution is 5.96. The maximum atomic E-state index is 14.0. The fourth-order valence-corrected chi connectivity index (χ4v) is 5.82. The van der Waals surface area contributed by atoms with Gasteiger partial charge in [-0.15, -0.1) is 0 Å². The molecule has 2 unspecified atom stereocenters. The second-order valence-electron chi connectivity index (χ2n) is 10.0. The number of hydrogen-bond acceptors (Lipinski definition) is 7. The van der Waals surface area contributed by atoms with E-state index in [-0.39, 0.29) is 18.4 Å². The minimum Gasteiger partial charge on any atom is -0.399 e. The summed E-state index contributed by atoms with van der Waals surface area (Å²) in [5.41, 5.74) is 21.0. The fourth-order valence-electron chi connectivity index (χ4n) is 5.82. The van der Waals surface area contributed by atoms with E-state index < -0.39 is 17.4 Å². The first-order chi connectivity index (χ1) is 18.7. The van der Waals surface area contributed by atoms with Crippen molar-refractivity contribution in [3.8, 4) is 6.07 Å². The van der Waals surface area contributed by atoms with Crippen LogP contribution in [0, 0.1) is 11.3 Å². The third-order valence-corrected chi connectivity index (χ3v) is 7.75. The number of hydrogen-bond donors (Lipinski definition) is 5. The molecule has 1 aliphatic carbocycles.